The van der Waals surface area contributed by atoms with E-state index in [1.807, 2.05) is 20.8 Å². The molecule has 0 saturated heterocycles. The molecule has 0 saturated carbocycles. The minimum absolute atomic E-state index is 0.129. The SMILES string of the molecule is CC(=O)O.CCCCC(CC)(C(=O)OCC)C(C)N. The Labute approximate surface area is 116 Å². The molecule has 5 nitrogen and oxygen atoms in total. The van der Waals surface area contributed by atoms with Gasteiger partial charge in [-0.1, -0.05) is 26.7 Å². The van der Waals surface area contributed by atoms with Gasteiger partial charge in [0, 0.05) is 13.0 Å². The van der Waals surface area contributed by atoms with Crippen molar-refractivity contribution in [2.45, 2.75) is 66.3 Å². The van der Waals surface area contributed by atoms with Crippen LogP contribution in [-0.2, 0) is 14.3 Å². The van der Waals surface area contributed by atoms with Crippen LogP contribution in [0.25, 0.3) is 0 Å². The van der Waals surface area contributed by atoms with Crippen LogP contribution in [0.1, 0.15) is 60.3 Å². The molecule has 0 amide bonds. The summed E-state index contributed by atoms with van der Waals surface area (Å²) in [7, 11) is 0. The van der Waals surface area contributed by atoms with Gasteiger partial charge in [0.2, 0.25) is 0 Å². The number of hydrogen-bond donors (Lipinski definition) is 2. The van der Waals surface area contributed by atoms with Gasteiger partial charge in [0.05, 0.1) is 12.0 Å². The third kappa shape index (κ3) is 7.82. The van der Waals surface area contributed by atoms with Crippen molar-refractivity contribution in [2.75, 3.05) is 6.61 Å². The van der Waals surface area contributed by atoms with E-state index in [2.05, 4.69) is 6.92 Å². The number of aliphatic carboxylic acids is 1. The smallest absolute Gasteiger partial charge is 0.313 e. The van der Waals surface area contributed by atoms with Crippen LogP contribution in [0.4, 0.5) is 0 Å². The van der Waals surface area contributed by atoms with Gasteiger partial charge in [-0.25, -0.2) is 0 Å². The van der Waals surface area contributed by atoms with Crippen LogP contribution in [0.15, 0.2) is 0 Å². The first kappa shape index (κ1) is 20.2. The van der Waals surface area contributed by atoms with Crippen LogP contribution in [-0.4, -0.2) is 29.7 Å². The van der Waals surface area contributed by atoms with Gasteiger partial charge in [-0.15, -0.1) is 0 Å². The summed E-state index contributed by atoms with van der Waals surface area (Å²) in [6, 6.07) is -0.145. The maximum Gasteiger partial charge on any atom is 0.313 e. The summed E-state index contributed by atoms with van der Waals surface area (Å²) in [4.78, 5) is 20.9. The summed E-state index contributed by atoms with van der Waals surface area (Å²) < 4.78 is 5.14. The lowest BCUT2D eigenvalue weighted by atomic mass is 9.75. The van der Waals surface area contributed by atoms with Crippen molar-refractivity contribution in [1.82, 2.24) is 0 Å². The third-order valence-corrected chi connectivity index (χ3v) is 3.16. The molecule has 0 radical (unpaired) electrons. The van der Waals surface area contributed by atoms with Crippen LogP contribution >= 0.6 is 0 Å². The third-order valence-electron chi connectivity index (χ3n) is 3.16. The van der Waals surface area contributed by atoms with Crippen LogP contribution in [0.3, 0.4) is 0 Å². The fourth-order valence-corrected chi connectivity index (χ4v) is 1.93. The van der Waals surface area contributed by atoms with Crippen LogP contribution in [0.5, 0.6) is 0 Å². The molecule has 0 bridgehead atoms. The molecule has 0 aromatic rings. The van der Waals surface area contributed by atoms with Crippen molar-refractivity contribution in [3.63, 3.8) is 0 Å². The zero-order valence-corrected chi connectivity index (χ0v) is 12.9. The van der Waals surface area contributed by atoms with Gasteiger partial charge >= 0.3 is 5.97 Å². The summed E-state index contributed by atoms with van der Waals surface area (Å²) in [6.07, 6.45) is 3.68. The zero-order chi connectivity index (χ0) is 15.5. The standard InChI is InChI=1S/C12H25NO2.C2H4O2/c1-5-8-9-12(6-2,10(4)13)11(14)15-7-3;1-2(3)4/h10H,5-9,13H2,1-4H3;1H3,(H,3,4). The van der Waals surface area contributed by atoms with E-state index in [1.165, 1.54) is 0 Å². The second-order valence-corrected chi connectivity index (χ2v) is 4.64. The van der Waals surface area contributed by atoms with Gasteiger partial charge in [-0.3, -0.25) is 9.59 Å². The highest BCUT2D eigenvalue weighted by Crippen LogP contribution is 2.33. The van der Waals surface area contributed by atoms with Crippen molar-refractivity contribution in [1.29, 1.82) is 0 Å². The van der Waals surface area contributed by atoms with E-state index in [4.69, 9.17) is 20.4 Å². The number of carbonyl (C=O) groups is 2. The second-order valence-electron chi connectivity index (χ2n) is 4.64. The van der Waals surface area contributed by atoms with Crippen LogP contribution in [0, 0.1) is 5.41 Å². The van der Waals surface area contributed by atoms with Crippen molar-refractivity contribution in [2.24, 2.45) is 11.1 Å². The molecule has 0 rings (SSSR count). The molecule has 0 aliphatic carbocycles. The molecule has 2 atom stereocenters. The molecular formula is C14H29NO4. The second kappa shape index (κ2) is 10.8. The Morgan fingerprint density at radius 3 is 2.05 bits per heavy atom. The van der Waals surface area contributed by atoms with E-state index in [-0.39, 0.29) is 12.0 Å². The number of hydrogen-bond acceptors (Lipinski definition) is 4. The van der Waals surface area contributed by atoms with E-state index >= 15 is 0 Å². The molecule has 0 fully saturated rings. The van der Waals surface area contributed by atoms with Gasteiger partial charge in [-0.05, 0) is 26.7 Å². The highest BCUT2D eigenvalue weighted by Gasteiger charge is 2.40. The fraction of sp³-hybridized carbons (Fsp3) is 0.857. The summed E-state index contributed by atoms with van der Waals surface area (Å²) in [5.41, 5.74) is 5.47. The molecule has 3 N–H and O–H groups in total. The van der Waals surface area contributed by atoms with E-state index in [9.17, 15) is 4.79 Å². The Kier molecular flexibility index (Phi) is 11.5. The Morgan fingerprint density at radius 2 is 1.79 bits per heavy atom. The van der Waals surface area contributed by atoms with E-state index in [0.717, 1.165) is 32.6 Å². The number of nitrogens with two attached hydrogens (primary N) is 1. The van der Waals surface area contributed by atoms with E-state index in [1.54, 1.807) is 0 Å². The van der Waals surface area contributed by atoms with Crippen molar-refractivity contribution in [3.8, 4) is 0 Å². The summed E-state index contributed by atoms with van der Waals surface area (Å²) in [6.45, 7) is 9.37. The first-order chi connectivity index (χ1) is 8.78. The fourth-order valence-electron chi connectivity index (χ4n) is 1.93. The molecule has 114 valence electrons. The molecule has 0 heterocycles. The number of carboxylic acid groups (broad SMARTS) is 1. The van der Waals surface area contributed by atoms with Gasteiger partial charge in [0.25, 0.3) is 5.97 Å². The number of carboxylic acids is 1. The monoisotopic (exact) mass is 275 g/mol. The molecule has 0 aliphatic rings. The highest BCUT2D eigenvalue weighted by molar-refractivity contribution is 5.77. The maximum atomic E-state index is 11.9. The molecule has 0 spiro atoms. The normalized spacial score (nSPS) is 14.6. The van der Waals surface area contributed by atoms with Gasteiger partial charge in [0.15, 0.2) is 0 Å². The van der Waals surface area contributed by atoms with Crippen LogP contribution in [0.2, 0.25) is 0 Å². The first-order valence-electron chi connectivity index (χ1n) is 6.90. The summed E-state index contributed by atoms with van der Waals surface area (Å²) >= 11 is 0. The lowest BCUT2D eigenvalue weighted by molar-refractivity contribution is -0.157. The first-order valence-corrected chi connectivity index (χ1v) is 6.90. The molecular weight excluding hydrogens is 246 g/mol. The van der Waals surface area contributed by atoms with Gasteiger partial charge < -0.3 is 15.6 Å². The van der Waals surface area contributed by atoms with Crippen LogP contribution < -0.4 is 5.73 Å². The van der Waals surface area contributed by atoms with Crippen molar-refractivity contribution < 1.29 is 19.4 Å². The van der Waals surface area contributed by atoms with Gasteiger partial charge in [-0.2, -0.15) is 0 Å². The number of unbranched alkanes of at least 4 members (excludes halogenated alkanes) is 1. The average Bonchev–Trinajstić information content (AvgIpc) is 2.29. The lowest BCUT2D eigenvalue weighted by Gasteiger charge is -2.33. The Bertz CT molecular complexity index is 262. The van der Waals surface area contributed by atoms with E-state index in [0.29, 0.717) is 6.61 Å². The molecule has 2 unspecified atom stereocenters. The Morgan fingerprint density at radius 1 is 1.32 bits per heavy atom. The van der Waals surface area contributed by atoms with E-state index < -0.39 is 11.4 Å². The molecule has 0 aromatic heterocycles. The lowest BCUT2D eigenvalue weighted by Crippen LogP contribution is -2.46. The predicted octanol–water partition coefficient (Wildman–Crippen LogP) is 2.57. The summed E-state index contributed by atoms with van der Waals surface area (Å²) in [5, 5.41) is 7.42. The molecule has 0 aliphatic heterocycles. The Balaban J connectivity index is 0. The minimum atomic E-state index is -0.833. The number of ether oxygens (including phenoxy) is 1. The highest BCUT2D eigenvalue weighted by atomic mass is 16.5. The quantitative estimate of drug-likeness (QED) is 0.697. The van der Waals surface area contributed by atoms with Gasteiger partial charge in [0.1, 0.15) is 0 Å². The minimum Gasteiger partial charge on any atom is -0.481 e. The van der Waals surface area contributed by atoms with Crippen molar-refractivity contribution >= 4 is 11.9 Å². The number of esters is 1. The molecule has 0 aromatic carbocycles. The maximum absolute atomic E-state index is 11.9. The molecule has 5 heteroatoms. The number of rotatable bonds is 7. The zero-order valence-electron chi connectivity index (χ0n) is 12.9. The number of carbonyl (C=O) groups excluding carboxylic acids is 1. The average molecular weight is 275 g/mol. The topological polar surface area (TPSA) is 89.6 Å². The van der Waals surface area contributed by atoms with Crippen molar-refractivity contribution in [3.05, 3.63) is 0 Å². The summed E-state index contributed by atoms with van der Waals surface area (Å²) in [5.74, 6) is -0.962. The predicted molar refractivity (Wildman–Crippen MR) is 75.8 cm³/mol. The Hall–Kier alpha value is -1.10. The molecule has 19 heavy (non-hydrogen) atoms. The largest absolute Gasteiger partial charge is 0.481 e.